The van der Waals surface area contributed by atoms with Gasteiger partial charge in [0.25, 0.3) is 0 Å². The lowest BCUT2D eigenvalue weighted by molar-refractivity contribution is -0.145. The first-order chi connectivity index (χ1) is 5.24. The van der Waals surface area contributed by atoms with Crippen LogP contribution in [0.2, 0.25) is 0 Å². The number of nitrogens with two attached hydrogens (primary N) is 1. The van der Waals surface area contributed by atoms with E-state index in [1.165, 1.54) is 12.8 Å². The minimum absolute atomic E-state index is 0.251. The Kier molecular flexibility index (Phi) is 2.88. The molecule has 0 unspecified atom stereocenters. The number of esters is 1. The molecule has 0 aromatic heterocycles. The van der Waals surface area contributed by atoms with Gasteiger partial charge in [0.05, 0.1) is 6.61 Å². The van der Waals surface area contributed by atoms with Gasteiger partial charge in [-0.1, -0.05) is 6.92 Å². The Balaban J connectivity index is 2.08. The fourth-order valence-electron chi connectivity index (χ4n) is 0.758. The fourth-order valence-corrected chi connectivity index (χ4v) is 0.758. The third kappa shape index (κ3) is 2.89. The van der Waals surface area contributed by atoms with Crippen molar-refractivity contribution in [2.75, 3.05) is 6.61 Å². The van der Waals surface area contributed by atoms with E-state index in [1.54, 1.807) is 0 Å². The molecule has 0 aromatic carbocycles. The Morgan fingerprint density at radius 3 is 2.82 bits per heavy atom. The minimum atomic E-state index is -0.422. The second-order valence-electron chi connectivity index (χ2n) is 3.09. The summed E-state index contributed by atoms with van der Waals surface area (Å²) < 4.78 is 4.95. The van der Waals surface area contributed by atoms with Crippen LogP contribution in [0.25, 0.3) is 0 Å². The highest BCUT2D eigenvalue weighted by Crippen LogP contribution is 2.28. The van der Waals surface area contributed by atoms with E-state index in [0.717, 1.165) is 0 Å². The number of carbonyl (C=O) groups excluding carboxylic acids is 1. The lowest BCUT2D eigenvalue weighted by Crippen LogP contribution is -2.31. The number of hydrogen-bond acceptors (Lipinski definition) is 3. The van der Waals surface area contributed by atoms with Crippen LogP contribution in [0.3, 0.4) is 0 Å². The molecule has 2 N–H and O–H groups in total. The molecule has 0 aromatic rings. The van der Waals surface area contributed by atoms with Gasteiger partial charge < -0.3 is 10.5 Å². The maximum absolute atomic E-state index is 11.0. The fraction of sp³-hybridized carbons (Fsp3) is 0.875. The summed E-state index contributed by atoms with van der Waals surface area (Å²) in [5.74, 6) is 0.377. The first-order valence-corrected chi connectivity index (χ1v) is 4.16. The van der Waals surface area contributed by atoms with Crippen molar-refractivity contribution < 1.29 is 9.53 Å². The van der Waals surface area contributed by atoms with Gasteiger partial charge in [-0.15, -0.1) is 0 Å². The SMILES string of the molecule is CC[C@@H](N)C(=O)OCC1CC1. The number of ether oxygens (including phenoxy) is 1. The molecule has 0 radical (unpaired) electrons. The van der Waals surface area contributed by atoms with Crippen molar-refractivity contribution >= 4 is 5.97 Å². The molecule has 0 aliphatic heterocycles. The van der Waals surface area contributed by atoms with E-state index in [9.17, 15) is 4.79 Å². The van der Waals surface area contributed by atoms with Gasteiger partial charge in [-0.05, 0) is 25.2 Å². The van der Waals surface area contributed by atoms with Crippen molar-refractivity contribution in [1.29, 1.82) is 0 Å². The second-order valence-corrected chi connectivity index (χ2v) is 3.09. The lowest BCUT2D eigenvalue weighted by Gasteiger charge is -2.07. The van der Waals surface area contributed by atoms with E-state index < -0.39 is 6.04 Å². The molecule has 0 saturated heterocycles. The molecular formula is C8H15NO2. The number of rotatable bonds is 4. The third-order valence-corrected chi connectivity index (χ3v) is 1.90. The Hall–Kier alpha value is -0.570. The minimum Gasteiger partial charge on any atom is -0.464 e. The van der Waals surface area contributed by atoms with Gasteiger partial charge in [0.15, 0.2) is 0 Å². The average Bonchev–Trinajstić information content (AvgIpc) is 2.81. The summed E-state index contributed by atoms with van der Waals surface area (Å²) in [5.41, 5.74) is 5.45. The molecule has 0 spiro atoms. The van der Waals surface area contributed by atoms with E-state index in [4.69, 9.17) is 10.5 Å². The molecular weight excluding hydrogens is 142 g/mol. The summed E-state index contributed by atoms with van der Waals surface area (Å²) in [6, 6.07) is -0.422. The van der Waals surface area contributed by atoms with Crippen molar-refractivity contribution in [3.05, 3.63) is 0 Å². The van der Waals surface area contributed by atoms with Crippen molar-refractivity contribution in [3.8, 4) is 0 Å². The first kappa shape index (κ1) is 8.53. The van der Waals surface area contributed by atoms with Crippen molar-refractivity contribution in [3.63, 3.8) is 0 Å². The van der Waals surface area contributed by atoms with Crippen LogP contribution in [-0.2, 0) is 9.53 Å². The van der Waals surface area contributed by atoms with Gasteiger partial charge in [-0.25, -0.2) is 0 Å². The van der Waals surface area contributed by atoms with E-state index in [1.807, 2.05) is 6.92 Å². The van der Waals surface area contributed by atoms with Crippen LogP contribution < -0.4 is 5.73 Å². The zero-order valence-electron chi connectivity index (χ0n) is 6.88. The molecule has 3 heteroatoms. The van der Waals surface area contributed by atoms with Gasteiger partial charge in [0.2, 0.25) is 0 Å². The largest absolute Gasteiger partial charge is 0.464 e. The van der Waals surface area contributed by atoms with Crippen LogP contribution in [0.1, 0.15) is 26.2 Å². The molecule has 0 bridgehead atoms. The predicted molar refractivity (Wildman–Crippen MR) is 41.9 cm³/mol. The van der Waals surface area contributed by atoms with Crippen LogP contribution in [0.15, 0.2) is 0 Å². The predicted octanol–water partition coefficient (Wildman–Crippen LogP) is 0.677. The Morgan fingerprint density at radius 1 is 1.73 bits per heavy atom. The molecule has 1 aliphatic rings. The molecule has 1 aliphatic carbocycles. The van der Waals surface area contributed by atoms with Gasteiger partial charge >= 0.3 is 5.97 Å². The zero-order valence-corrected chi connectivity index (χ0v) is 6.88. The summed E-state index contributed by atoms with van der Waals surface area (Å²) >= 11 is 0. The molecule has 3 nitrogen and oxygen atoms in total. The Labute approximate surface area is 66.9 Å². The highest BCUT2D eigenvalue weighted by Gasteiger charge is 2.24. The molecule has 1 atom stereocenters. The maximum atomic E-state index is 11.0. The summed E-state index contributed by atoms with van der Waals surface area (Å²) in [4.78, 5) is 11.0. The van der Waals surface area contributed by atoms with Crippen LogP contribution in [-0.4, -0.2) is 18.6 Å². The topological polar surface area (TPSA) is 52.3 Å². The first-order valence-electron chi connectivity index (χ1n) is 4.16. The van der Waals surface area contributed by atoms with E-state index in [0.29, 0.717) is 18.9 Å². The average molecular weight is 157 g/mol. The van der Waals surface area contributed by atoms with E-state index in [-0.39, 0.29) is 5.97 Å². The molecule has 11 heavy (non-hydrogen) atoms. The normalized spacial score (nSPS) is 19.5. The standard InChI is InChI=1S/C8H15NO2/c1-2-7(9)8(10)11-5-6-3-4-6/h6-7H,2-5,9H2,1H3/t7-/m1/s1. The van der Waals surface area contributed by atoms with Crippen LogP contribution in [0.5, 0.6) is 0 Å². The zero-order chi connectivity index (χ0) is 8.27. The highest BCUT2D eigenvalue weighted by atomic mass is 16.5. The Bertz CT molecular complexity index is 143. The monoisotopic (exact) mass is 157 g/mol. The summed E-state index contributed by atoms with van der Waals surface area (Å²) in [6.07, 6.45) is 3.06. The summed E-state index contributed by atoms with van der Waals surface area (Å²) in [5, 5.41) is 0. The smallest absolute Gasteiger partial charge is 0.322 e. The molecule has 64 valence electrons. The van der Waals surface area contributed by atoms with Gasteiger partial charge in [0, 0.05) is 0 Å². The van der Waals surface area contributed by atoms with Gasteiger partial charge in [-0.3, -0.25) is 4.79 Å². The van der Waals surface area contributed by atoms with Crippen molar-refractivity contribution in [2.45, 2.75) is 32.2 Å². The lowest BCUT2D eigenvalue weighted by atomic mass is 10.2. The molecule has 0 amide bonds. The van der Waals surface area contributed by atoms with Gasteiger partial charge in [0.1, 0.15) is 6.04 Å². The quantitative estimate of drug-likeness (QED) is 0.610. The molecule has 1 saturated carbocycles. The van der Waals surface area contributed by atoms with E-state index >= 15 is 0 Å². The molecule has 1 fully saturated rings. The highest BCUT2D eigenvalue weighted by molar-refractivity contribution is 5.75. The van der Waals surface area contributed by atoms with Crippen LogP contribution in [0.4, 0.5) is 0 Å². The van der Waals surface area contributed by atoms with Crippen molar-refractivity contribution in [1.82, 2.24) is 0 Å². The van der Waals surface area contributed by atoms with Gasteiger partial charge in [-0.2, -0.15) is 0 Å². The molecule has 1 rings (SSSR count). The molecule has 0 heterocycles. The van der Waals surface area contributed by atoms with Crippen molar-refractivity contribution in [2.24, 2.45) is 11.7 Å². The number of hydrogen-bond donors (Lipinski definition) is 1. The Morgan fingerprint density at radius 2 is 2.36 bits per heavy atom. The van der Waals surface area contributed by atoms with E-state index in [2.05, 4.69) is 0 Å². The summed E-state index contributed by atoms with van der Waals surface area (Å²) in [7, 11) is 0. The maximum Gasteiger partial charge on any atom is 0.322 e. The van der Waals surface area contributed by atoms with Crippen LogP contribution >= 0.6 is 0 Å². The van der Waals surface area contributed by atoms with Crippen LogP contribution in [0, 0.1) is 5.92 Å². The second kappa shape index (κ2) is 3.72. The summed E-state index contributed by atoms with van der Waals surface area (Å²) in [6.45, 7) is 2.45. The third-order valence-electron chi connectivity index (χ3n) is 1.90. The number of carbonyl (C=O) groups is 1.